The molecule has 0 saturated carbocycles. The van der Waals surface area contributed by atoms with Crippen molar-refractivity contribution >= 4 is 33.1 Å². The second-order valence-electron chi connectivity index (χ2n) is 5.82. The maximum Gasteiger partial charge on any atom is 0.694 e. The van der Waals surface area contributed by atoms with E-state index in [9.17, 15) is 14.0 Å². The Bertz CT molecular complexity index is 927. The Balaban J connectivity index is 1.98. The van der Waals surface area contributed by atoms with Gasteiger partial charge in [-0.2, -0.15) is 0 Å². The van der Waals surface area contributed by atoms with Crippen LogP contribution in [0.15, 0.2) is 12.7 Å². The summed E-state index contributed by atoms with van der Waals surface area (Å²) in [5, 5.41) is 2.90. The Kier molecular flexibility index (Phi) is 6.89. The second kappa shape index (κ2) is 9.04. The van der Waals surface area contributed by atoms with E-state index in [0.29, 0.717) is 17.0 Å². The Morgan fingerprint density at radius 2 is 2.10 bits per heavy atom. The van der Waals surface area contributed by atoms with Crippen molar-refractivity contribution in [3.63, 3.8) is 0 Å². The molecular formula is C13H20N5O9P2+. The lowest BCUT2D eigenvalue weighted by Gasteiger charge is -2.24. The molecule has 14 nitrogen and oxygen atoms in total. The lowest BCUT2D eigenvalue weighted by molar-refractivity contribution is -0.0561. The number of methoxy groups -OCH3 is 1. The molecule has 0 spiro atoms. The van der Waals surface area contributed by atoms with E-state index in [4.69, 9.17) is 23.4 Å². The molecule has 0 aromatic carbocycles. The average Bonchev–Trinajstić information content (AvgIpc) is 3.26. The highest BCUT2D eigenvalue weighted by molar-refractivity contribution is 7.47. The number of aromatic nitrogens is 4. The van der Waals surface area contributed by atoms with Crippen molar-refractivity contribution in [1.29, 1.82) is 0 Å². The molecule has 6 unspecified atom stereocenters. The van der Waals surface area contributed by atoms with Gasteiger partial charge in [0.25, 0.3) is 0 Å². The van der Waals surface area contributed by atoms with E-state index >= 15 is 0 Å². The van der Waals surface area contributed by atoms with E-state index in [1.54, 1.807) is 7.05 Å². The molecule has 1 aliphatic rings. The molecule has 1 fully saturated rings. The minimum Gasteiger partial charge on any atom is -0.374 e. The fourth-order valence-electron chi connectivity index (χ4n) is 3.00. The summed E-state index contributed by atoms with van der Waals surface area (Å²) in [7, 11) is -3.31. The van der Waals surface area contributed by atoms with Gasteiger partial charge in [0, 0.05) is 25.8 Å². The molecule has 2 aromatic rings. The van der Waals surface area contributed by atoms with E-state index < -0.39 is 47.2 Å². The van der Waals surface area contributed by atoms with Crippen molar-refractivity contribution in [1.82, 2.24) is 19.5 Å². The van der Waals surface area contributed by atoms with Crippen LogP contribution in [0.3, 0.4) is 0 Å². The lowest BCUT2D eigenvalue weighted by Crippen LogP contribution is -2.37. The average molecular weight is 452 g/mol. The molecule has 160 valence electrons. The normalized spacial score (nSPS) is 27.1. The molecule has 3 heterocycles. The number of phosphoric ester groups is 1. The quantitative estimate of drug-likeness (QED) is 0.451. The largest absolute Gasteiger partial charge is 0.694 e. The SMILES string of the molecule is CNc1ncnc2c1ncn2C1OC(CO[P+](=O)O)C(OP(=O)(O)OC)C1OC. The van der Waals surface area contributed by atoms with Crippen molar-refractivity contribution in [2.24, 2.45) is 0 Å². The highest BCUT2D eigenvalue weighted by atomic mass is 31.2. The van der Waals surface area contributed by atoms with Crippen LogP contribution in [0.5, 0.6) is 0 Å². The lowest BCUT2D eigenvalue weighted by atomic mass is 10.1. The fraction of sp³-hybridized carbons (Fsp3) is 0.615. The summed E-state index contributed by atoms with van der Waals surface area (Å²) >= 11 is 0. The van der Waals surface area contributed by atoms with Gasteiger partial charge in [-0.1, -0.05) is 0 Å². The zero-order valence-electron chi connectivity index (χ0n) is 15.6. The third-order valence-electron chi connectivity index (χ3n) is 4.26. The molecule has 1 saturated heterocycles. The second-order valence-corrected chi connectivity index (χ2v) is 8.06. The third-order valence-corrected chi connectivity index (χ3v) is 5.60. The van der Waals surface area contributed by atoms with E-state index in [1.165, 1.54) is 24.3 Å². The van der Waals surface area contributed by atoms with E-state index in [1.807, 2.05) is 0 Å². The van der Waals surface area contributed by atoms with E-state index in [2.05, 4.69) is 24.8 Å². The van der Waals surface area contributed by atoms with Gasteiger partial charge in [0.2, 0.25) is 0 Å². The van der Waals surface area contributed by atoms with Crippen LogP contribution in [0.25, 0.3) is 11.2 Å². The number of nitrogens with zero attached hydrogens (tertiary/aromatic N) is 4. The summed E-state index contributed by atoms with van der Waals surface area (Å²) in [6, 6.07) is 0. The topological polar surface area (TPSA) is 176 Å². The highest BCUT2D eigenvalue weighted by Gasteiger charge is 2.51. The number of hydrogen-bond donors (Lipinski definition) is 3. The van der Waals surface area contributed by atoms with Crippen LogP contribution in [0.4, 0.5) is 5.82 Å². The Morgan fingerprint density at radius 1 is 1.34 bits per heavy atom. The molecule has 0 amide bonds. The third kappa shape index (κ3) is 4.61. The molecule has 0 radical (unpaired) electrons. The monoisotopic (exact) mass is 452 g/mol. The number of fused-ring (bicyclic) bond motifs is 1. The van der Waals surface area contributed by atoms with Crippen molar-refractivity contribution in [3.05, 3.63) is 12.7 Å². The number of ether oxygens (including phenoxy) is 2. The van der Waals surface area contributed by atoms with Crippen LogP contribution in [-0.2, 0) is 32.2 Å². The maximum absolute atomic E-state index is 12.0. The smallest absolute Gasteiger partial charge is 0.374 e. The zero-order chi connectivity index (χ0) is 21.2. The summed E-state index contributed by atoms with van der Waals surface area (Å²) in [5.41, 5.74) is 0.873. The fourth-order valence-corrected chi connectivity index (χ4v) is 3.92. The molecule has 0 aliphatic carbocycles. The summed E-state index contributed by atoms with van der Waals surface area (Å²) in [6.07, 6.45) is -1.26. The summed E-state index contributed by atoms with van der Waals surface area (Å²) in [6.45, 7) is -0.403. The van der Waals surface area contributed by atoms with Gasteiger partial charge in [0.1, 0.15) is 36.8 Å². The van der Waals surface area contributed by atoms with Gasteiger partial charge in [-0.05, 0) is 0 Å². The molecule has 1 aliphatic heterocycles. The molecule has 3 N–H and O–H groups in total. The van der Waals surface area contributed by atoms with Gasteiger partial charge in [0.15, 0.2) is 17.7 Å². The molecule has 29 heavy (non-hydrogen) atoms. The molecule has 0 bridgehead atoms. The van der Waals surface area contributed by atoms with Gasteiger partial charge in [0.05, 0.1) is 6.33 Å². The summed E-state index contributed by atoms with van der Waals surface area (Å²) < 4.78 is 50.2. The minimum absolute atomic E-state index is 0.403. The van der Waals surface area contributed by atoms with Crippen LogP contribution in [0.1, 0.15) is 6.23 Å². The van der Waals surface area contributed by atoms with Gasteiger partial charge >= 0.3 is 16.1 Å². The Labute approximate surface area is 165 Å². The van der Waals surface area contributed by atoms with E-state index in [-0.39, 0.29) is 0 Å². The molecule has 16 heteroatoms. The number of hydrogen-bond acceptors (Lipinski definition) is 11. The van der Waals surface area contributed by atoms with Crippen molar-refractivity contribution in [3.8, 4) is 0 Å². The predicted molar refractivity (Wildman–Crippen MR) is 97.1 cm³/mol. The molecular weight excluding hydrogens is 432 g/mol. The van der Waals surface area contributed by atoms with Crippen molar-refractivity contribution < 1.29 is 42.0 Å². The van der Waals surface area contributed by atoms with Crippen LogP contribution < -0.4 is 5.32 Å². The first-order valence-corrected chi connectivity index (χ1v) is 10.8. The highest BCUT2D eigenvalue weighted by Crippen LogP contribution is 2.48. The minimum atomic E-state index is -4.43. The zero-order valence-corrected chi connectivity index (χ0v) is 17.4. The first-order valence-electron chi connectivity index (χ1n) is 8.20. The van der Waals surface area contributed by atoms with Gasteiger partial charge in [-0.3, -0.25) is 13.6 Å². The van der Waals surface area contributed by atoms with E-state index in [0.717, 1.165) is 7.11 Å². The number of phosphoric acid groups is 1. The number of imidazole rings is 1. The van der Waals surface area contributed by atoms with Crippen LogP contribution in [0.2, 0.25) is 0 Å². The molecule has 6 atom stereocenters. The molecule has 3 rings (SSSR count). The predicted octanol–water partition coefficient (Wildman–Crippen LogP) is 0.579. The van der Waals surface area contributed by atoms with Crippen molar-refractivity contribution in [2.45, 2.75) is 24.5 Å². The van der Waals surface area contributed by atoms with Crippen LogP contribution >= 0.6 is 16.1 Å². The summed E-state index contributed by atoms with van der Waals surface area (Å²) in [5.74, 6) is 0.491. The van der Waals surface area contributed by atoms with Crippen LogP contribution in [0, 0.1) is 0 Å². The Morgan fingerprint density at radius 3 is 2.72 bits per heavy atom. The number of anilines is 1. The number of nitrogens with one attached hydrogen (secondary N) is 1. The van der Waals surface area contributed by atoms with Gasteiger partial charge in [-0.25, -0.2) is 19.5 Å². The standard InChI is InChI=1S/C13H19N5O9P2/c1-14-11-8-12(16-5-15-11)18(6-17-8)13-10(23-2)9(27-29(21,22)24-3)7(26-13)4-25-28(19)20/h5-7,9-10,13H,4H2,1-3H3,(H2-,14,15,16,19,20,21,22)/p+1. The summed E-state index contributed by atoms with van der Waals surface area (Å²) in [4.78, 5) is 31.2. The van der Waals surface area contributed by atoms with Crippen LogP contribution in [-0.4, -0.2) is 75.5 Å². The maximum atomic E-state index is 12.0. The van der Waals surface area contributed by atoms with Gasteiger partial charge < -0.3 is 19.7 Å². The first-order chi connectivity index (χ1) is 13.8. The molecule has 2 aromatic heterocycles. The first kappa shape index (κ1) is 22.1. The Hall–Kier alpha value is -1.60. The van der Waals surface area contributed by atoms with Crippen molar-refractivity contribution in [2.75, 3.05) is 33.2 Å². The number of rotatable bonds is 9. The van der Waals surface area contributed by atoms with Gasteiger partial charge in [-0.15, -0.1) is 9.42 Å².